The third-order valence-corrected chi connectivity index (χ3v) is 2.57. The number of nitrogens with one attached hydrogen (secondary N) is 1. The minimum Gasteiger partial charge on any atom is -0.393 e. The van der Waals surface area contributed by atoms with Gasteiger partial charge in [0.1, 0.15) is 0 Å². The summed E-state index contributed by atoms with van der Waals surface area (Å²) in [5.41, 5.74) is 0. The molecule has 0 atom stereocenters. The molecule has 0 bridgehead atoms. The van der Waals surface area contributed by atoms with Gasteiger partial charge in [0.2, 0.25) is 5.91 Å². The predicted octanol–water partition coefficient (Wildman–Crippen LogP) is 0.840. The van der Waals surface area contributed by atoms with Crippen LogP contribution in [0.15, 0.2) is 12.7 Å². The molecule has 0 aromatic heterocycles. The average molecular weight is 183 g/mol. The monoisotopic (exact) mass is 183 g/mol. The van der Waals surface area contributed by atoms with Crippen LogP contribution >= 0.6 is 0 Å². The van der Waals surface area contributed by atoms with E-state index in [2.05, 4.69) is 11.9 Å². The summed E-state index contributed by atoms with van der Waals surface area (Å²) in [5, 5.41) is 12.0. The second-order valence-electron chi connectivity index (χ2n) is 3.62. The van der Waals surface area contributed by atoms with Crippen molar-refractivity contribution in [1.29, 1.82) is 0 Å². The molecule has 1 aliphatic carbocycles. The number of aliphatic hydroxyl groups is 1. The number of hydrogen-bond donors (Lipinski definition) is 2. The van der Waals surface area contributed by atoms with Crippen LogP contribution in [0.3, 0.4) is 0 Å². The summed E-state index contributed by atoms with van der Waals surface area (Å²) in [5.74, 6) is 0.429. The average Bonchev–Trinajstić information content (AvgIpc) is 2.16. The van der Waals surface area contributed by atoms with Gasteiger partial charge in [0.15, 0.2) is 0 Å². The van der Waals surface area contributed by atoms with Crippen LogP contribution in [0.2, 0.25) is 0 Å². The lowest BCUT2D eigenvalue weighted by Crippen LogP contribution is -2.30. The summed E-state index contributed by atoms with van der Waals surface area (Å²) >= 11 is 0. The van der Waals surface area contributed by atoms with Crippen molar-refractivity contribution in [3.05, 3.63) is 12.7 Å². The fourth-order valence-electron chi connectivity index (χ4n) is 1.67. The number of carbonyl (C=O) groups excluding carboxylic acids is 1. The maximum atomic E-state index is 10.8. The van der Waals surface area contributed by atoms with E-state index in [0.717, 1.165) is 32.2 Å². The first kappa shape index (κ1) is 10.3. The van der Waals surface area contributed by atoms with Gasteiger partial charge in [-0.2, -0.15) is 0 Å². The molecule has 0 aliphatic heterocycles. The van der Waals surface area contributed by atoms with Crippen molar-refractivity contribution in [1.82, 2.24) is 5.32 Å². The fraction of sp³-hybridized carbons (Fsp3) is 0.700. The van der Waals surface area contributed by atoms with E-state index in [0.29, 0.717) is 5.92 Å². The maximum absolute atomic E-state index is 10.8. The second kappa shape index (κ2) is 5.02. The Labute approximate surface area is 78.8 Å². The summed E-state index contributed by atoms with van der Waals surface area (Å²) in [7, 11) is 0. The highest BCUT2D eigenvalue weighted by Gasteiger charge is 2.19. The van der Waals surface area contributed by atoms with Crippen LogP contribution in [-0.4, -0.2) is 23.7 Å². The standard InChI is InChI=1S/C10H17NO2/c1-2-10(13)11-7-8-3-5-9(12)6-4-8/h2,8-9,12H,1,3-7H2,(H,11,13). The molecule has 1 rings (SSSR count). The number of hydrogen-bond acceptors (Lipinski definition) is 2. The van der Waals surface area contributed by atoms with Crippen LogP contribution in [-0.2, 0) is 4.79 Å². The number of aliphatic hydroxyl groups excluding tert-OH is 1. The molecule has 1 amide bonds. The molecule has 13 heavy (non-hydrogen) atoms. The number of carbonyl (C=O) groups is 1. The van der Waals surface area contributed by atoms with E-state index in [9.17, 15) is 9.90 Å². The van der Waals surface area contributed by atoms with Gasteiger partial charge in [-0.1, -0.05) is 6.58 Å². The molecule has 1 saturated carbocycles. The van der Waals surface area contributed by atoms with Crippen molar-refractivity contribution in [3.63, 3.8) is 0 Å². The van der Waals surface area contributed by atoms with Crippen molar-refractivity contribution >= 4 is 5.91 Å². The molecule has 2 N–H and O–H groups in total. The Morgan fingerprint density at radius 1 is 1.46 bits per heavy atom. The van der Waals surface area contributed by atoms with E-state index in [4.69, 9.17) is 0 Å². The van der Waals surface area contributed by atoms with Gasteiger partial charge in [-0.25, -0.2) is 0 Å². The second-order valence-corrected chi connectivity index (χ2v) is 3.62. The predicted molar refractivity (Wildman–Crippen MR) is 51.2 cm³/mol. The molecule has 3 heteroatoms. The van der Waals surface area contributed by atoms with Gasteiger partial charge in [-0.05, 0) is 37.7 Å². The lowest BCUT2D eigenvalue weighted by molar-refractivity contribution is -0.116. The Bertz CT molecular complexity index is 183. The van der Waals surface area contributed by atoms with Crippen molar-refractivity contribution in [2.75, 3.05) is 6.54 Å². The molecule has 0 radical (unpaired) electrons. The van der Waals surface area contributed by atoms with Crippen molar-refractivity contribution in [2.45, 2.75) is 31.8 Å². The Morgan fingerprint density at radius 2 is 2.08 bits per heavy atom. The largest absolute Gasteiger partial charge is 0.393 e. The summed E-state index contributed by atoms with van der Waals surface area (Å²) in [4.78, 5) is 10.8. The third-order valence-electron chi connectivity index (χ3n) is 2.57. The third kappa shape index (κ3) is 3.59. The SMILES string of the molecule is C=CC(=O)NCC1CCC(O)CC1. The molecule has 0 aromatic rings. The van der Waals surface area contributed by atoms with E-state index < -0.39 is 0 Å². The molecule has 74 valence electrons. The highest BCUT2D eigenvalue weighted by atomic mass is 16.3. The zero-order chi connectivity index (χ0) is 9.68. The van der Waals surface area contributed by atoms with Crippen LogP contribution in [0.5, 0.6) is 0 Å². The Kier molecular flexibility index (Phi) is 3.96. The lowest BCUT2D eigenvalue weighted by atomic mass is 9.87. The van der Waals surface area contributed by atoms with Crippen LogP contribution in [0.1, 0.15) is 25.7 Å². The fourth-order valence-corrected chi connectivity index (χ4v) is 1.67. The number of amides is 1. The van der Waals surface area contributed by atoms with Gasteiger partial charge in [0.25, 0.3) is 0 Å². The first-order valence-electron chi connectivity index (χ1n) is 4.80. The van der Waals surface area contributed by atoms with E-state index in [1.165, 1.54) is 6.08 Å². The smallest absolute Gasteiger partial charge is 0.243 e. The molecular weight excluding hydrogens is 166 g/mol. The van der Waals surface area contributed by atoms with Crippen molar-refractivity contribution in [3.8, 4) is 0 Å². The van der Waals surface area contributed by atoms with Gasteiger partial charge < -0.3 is 10.4 Å². The minimum atomic E-state index is -0.119. The van der Waals surface area contributed by atoms with Crippen molar-refractivity contribution in [2.24, 2.45) is 5.92 Å². The molecule has 3 nitrogen and oxygen atoms in total. The van der Waals surface area contributed by atoms with E-state index in [1.807, 2.05) is 0 Å². The van der Waals surface area contributed by atoms with Gasteiger partial charge >= 0.3 is 0 Å². The van der Waals surface area contributed by atoms with E-state index >= 15 is 0 Å². The number of rotatable bonds is 3. The molecule has 0 spiro atoms. The van der Waals surface area contributed by atoms with Gasteiger partial charge in [-0.15, -0.1) is 0 Å². The summed E-state index contributed by atoms with van der Waals surface area (Å²) < 4.78 is 0. The summed E-state index contributed by atoms with van der Waals surface area (Å²) in [6.07, 6.45) is 4.93. The van der Waals surface area contributed by atoms with Crippen molar-refractivity contribution < 1.29 is 9.90 Å². The molecule has 0 aromatic carbocycles. The van der Waals surface area contributed by atoms with E-state index in [1.54, 1.807) is 0 Å². The first-order valence-corrected chi connectivity index (χ1v) is 4.80. The highest BCUT2D eigenvalue weighted by molar-refractivity contribution is 5.86. The minimum absolute atomic E-state index is 0.105. The zero-order valence-corrected chi connectivity index (χ0v) is 7.83. The van der Waals surface area contributed by atoms with Gasteiger partial charge in [0, 0.05) is 6.54 Å². The quantitative estimate of drug-likeness (QED) is 0.637. The topological polar surface area (TPSA) is 49.3 Å². The lowest BCUT2D eigenvalue weighted by Gasteiger charge is -2.25. The van der Waals surface area contributed by atoms with Crippen LogP contribution < -0.4 is 5.32 Å². The highest BCUT2D eigenvalue weighted by Crippen LogP contribution is 2.23. The Morgan fingerprint density at radius 3 is 2.62 bits per heavy atom. The molecule has 1 fully saturated rings. The van der Waals surface area contributed by atoms with Crippen LogP contribution in [0, 0.1) is 5.92 Å². The van der Waals surface area contributed by atoms with Gasteiger partial charge in [-0.3, -0.25) is 4.79 Å². The molecule has 0 unspecified atom stereocenters. The normalized spacial score (nSPS) is 28.1. The zero-order valence-electron chi connectivity index (χ0n) is 7.83. The van der Waals surface area contributed by atoms with Gasteiger partial charge in [0.05, 0.1) is 6.10 Å². The Balaban J connectivity index is 2.15. The van der Waals surface area contributed by atoms with Crippen LogP contribution in [0.4, 0.5) is 0 Å². The summed E-state index contributed by atoms with van der Waals surface area (Å²) in [6.45, 7) is 4.10. The summed E-state index contributed by atoms with van der Waals surface area (Å²) in [6, 6.07) is 0. The first-order chi connectivity index (χ1) is 6.22. The molecular formula is C10H17NO2. The van der Waals surface area contributed by atoms with Crippen LogP contribution in [0.25, 0.3) is 0 Å². The Hall–Kier alpha value is -0.830. The molecule has 0 heterocycles. The maximum Gasteiger partial charge on any atom is 0.243 e. The molecule has 1 aliphatic rings. The molecule has 0 saturated heterocycles. The van der Waals surface area contributed by atoms with E-state index in [-0.39, 0.29) is 12.0 Å².